The molecule has 2 amide bonds. The number of nitrogens with one attached hydrogen (secondary N) is 1. The number of rotatable bonds is 5. The third-order valence-electron chi connectivity index (χ3n) is 2.74. The molecule has 0 radical (unpaired) electrons. The third kappa shape index (κ3) is 3.23. The number of amides is 2. The Hall–Kier alpha value is -1.08. The molecule has 7 heteroatoms. The van der Waals surface area contributed by atoms with Crippen LogP contribution < -0.4 is 5.32 Å². The summed E-state index contributed by atoms with van der Waals surface area (Å²) in [7, 11) is 0. The molecule has 0 aliphatic carbocycles. The topological polar surface area (TPSA) is 69.6 Å². The van der Waals surface area contributed by atoms with Gasteiger partial charge in [0, 0.05) is 34.2 Å². The molecule has 2 rings (SSSR count). The van der Waals surface area contributed by atoms with Gasteiger partial charge in [0.1, 0.15) is 0 Å². The highest BCUT2D eigenvalue weighted by Crippen LogP contribution is 2.28. The van der Waals surface area contributed by atoms with Gasteiger partial charge in [-0.1, -0.05) is 0 Å². The van der Waals surface area contributed by atoms with Crippen LogP contribution in [0.15, 0.2) is 15.9 Å². The summed E-state index contributed by atoms with van der Waals surface area (Å²) in [6.07, 6.45) is 0.586. The SMILES string of the molecule is O=C(O)CCCN1CC(c2cc(Br)cs2)NC1=O. The average molecular weight is 333 g/mol. The fourth-order valence-electron chi connectivity index (χ4n) is 1.88. The second kappa shape index (κ2) is 5.71. The van der Waals surface area contributed by atoms with Crippen LogP contribution in [0.3, 0.4) is 0 Å². The second-order valence-corrected chi connectivity index (χ2v) is 5.97. The normalized spacial score (nSPS) is 19.1. The Balaban J connectivity index is 1.88. The van der Waals surface area contributed by atoms with Crippen LogP contribution in [0.2, 0.25) is 0 Å². The molecule has 1 aromatic rings. The maximum Gasteiger partial charge on any atom is 0.318 e. The molecule has 1 aromatic heterocycles. The van der Waals surface area contributed by atoms with E-state index in [0.29, 0.717) is 19.5 Å². The lowest BCUT2D eigenvalue weighted by Crippen LogP contribution is -2.29. The van der Waals surface area contributed by atoms with E-state index in [9.17, 15) is 9.59 Å². The van der Waals surface area contributed by atoms with E-state index in [1.807, 2.05) is 11.4 Å². The summed E-state index contributed by atoms with van der Waals surface area (Å²) in [6.45, 7) is 1.09. The van der Waals surface area contributed by atoms with Gasteiger partial charge in [-0.25, -0.2) is 4.79 Å². The lowest BCUT2D eigenvalue weighted by molar-refractivity contribution is -0.137. The first kappa shape index (κ1) is 13.4. The molecule has 1 unspecified atom stereocenters. The molecule has 2 heterocycles. The number of hydrogen-bond acceptors (Lipinski definition) is 3. The Morgan fingerprint density at radius 3 is 3.06 bits per heavy atom. The highest BCUT2D eigenvalue weighted by Gasteiger charge is 2.30. The first-order valence-electron chi connectivity index (χ1n) is 5.57. The van der Waals surface area contributed by atoms with Gasteiger partial charge in [-0.15, -0.1) is 11.3 Å². The first-order chi connectivity index (χ1) is 8.56. The van der Waals surface area contributed by atoms with Gasteiger partial charge in [0.15, 0.2) is 0 Å². The highest BCUT2D eigenvalue weighted by molar-refractivity contribution is 9.10. The number of hydrogen-bond donors (Lipinski definition) is 2. The summed E-state index contributed by atoms with van der Waals surface area (Å²) in [5.74, 6) is -0.826. The molecular weight excluding hydrogens is 320 g/mol. The van der Waals surface area contributed by atoms with Crippen LogP contribution >= 0.6 is 27.3 Å². The zero-order valence-corrected chi connectivity index (χ0v) is 12.0. The second-order valence-electron chi connectivity index (χ2n) is 4.11. The van der Waals surface area contributed by atoms with Crippen molar-refractivity contribution in [2.45, 2.75) is 18.9 Å². The predicted octanol–water partition coefficient (Wildman–Crippen LogP) is 2.44. The van der Waals surface area contributed by atoms with Gasteiger partial charge in [-0.05, 0) is 28.4 Å². The number of carbonyl (C=O) groups is 2. The Kier molecular flexibility index (Phi) is 4.23. The van der Waals surface area contributed by atoms with Crippen LogP contribution in [0.25, 0.3) is 0 Å². The maximum absolute atomic E-state index is 11.7. The molecule has 0 aromatic carbocycles. The standard InChI is InChI=1S/C11H13BrN2O3S/c12-7-4-9(18-6-7)8-5-14(11(17)13-8)3-1-2-10(15)16/h4,6,8H,1-3,5H2,(H,13,17)(H,15,16). The number of halogens is 1. The van der Waals surface area contributed by atoms with Gasteiger partial charge >= 0.3 is 12.0 Å². The van der Waals surface area contributed by atoms with Gasteiger partial charge in [-0.2, -0.15) is 0 Å². The summed E-state index contributed by atoms with van der Waals surface area (Å²) in [5.41, 5.74) is 0. The molecule has 1 saturated heterocycles. The Morgan fingerprint density at radius 2 is 2.44 bits per heavy atom. The fourth-order valence-corrected chi connectivity index (χ4v) is 3.36. The quantitative estimate of drug-likeness (QED) is 0.870. The first-order valence-corrected chi connectivity index (χ1v) is 7.24. The van der Waals surface area contributed by atoms with Crippen molar-refractivity contribution < 1.29 is 14.7 Å². The Morgan fingerprint density at radius 1 is 1.67 bits per heavy atom. The van der Waals surface area contributed by atoms with Gasteiger partial charge in [0.2, 0.25) is 0 Å². The molecule has 0 spiro atoms. The molecule has 5 nitrogen and oxygen atoms in total. The zero-order valence-electron chi connectivity index (χ0n) is 9.56. The lowest BCUT2D eigenvalue weighted by Gasteiger charge is -2.13. The molecule has 1 aliphatic heterocycles. The zero-order chi connectivity index (χ0) is 13.1. The van der Waals surface area contributed by atoms with Crippen molar-refractivity contribution in [3.8, 4) is 0 Å². The Bertz CT molecular complexity index is 463. The number of urea groups is 1. The minimum atomic E-state index is -0.826. The molecule has 1 aliphatic rings. The van der Waals surface area contributed by atoms with Crippen molar-refractivity contribution in [3.63, 3.8) is 0 Å². The molecule has 0 bridgehead atoms. The van der Waals surface area contributed by atoms with Crippen molar-refractivity contribution in [1.29, 1.82) is 0 Å². The lowest BCUT2D eigenvalue weighted by atomic mass is 10.2. The van der Waals surface area contributed by atoms with Crippen LogP contribution in [-0.2, 0) is 4.79 Å². The summed E-state index contributed by atoms with van der Waals surface area (Å²) in [4.78, 5) is 24.9. The molecule has 1 fully saturated rings. The minimum Gasteiger partial charge on any atom is -0.481 e. The van der Waals surface area contributed by atoms with E-state index < -0.39 is 5.97 Å². The summed E-state index contributed by atoms with van der Waals surface area (Å²) >= 11 is 4.98. The van der Waals surface area contributed by atoms with Gasteiger partial charge in [-0.3, -0.25) is 4.79 Å². The molecule has 0 saturated carbocycles. The number of aliphatic carboxylic acids is 1. The van der Waals surface area contributed by atoms with E-state index in [-0.39, 0.29) is 18.5 Å². The van der Waals surface area contributed by atoms with Crippen LogP contribution in [0.1, 0.15) is 23.8 Å². The number of carboxylic acid groups (broad SMARTS) is 1. The van der Waals surface area contributed by atoms with Crippen molar-refractivity contribution in [2.24, 2.45) is 0 Å². The minimum absolute atomic E-state index is 0.0126. The molecule has 18 heavy (non-hydrogen) atoms. The summed E-state index contributed by atoms with van der Waals surface area (Å²) in [5, 5.41) is 13.4. The van der Waals surface area contributed by atoms with E-state index in [0.717, 1.165) is 9.35 Å². The average Bonchev–Trinajstić information content (AvgIpc) is 2.86. The predicted molar refractivity (Wildman–Crippen MR) is 71.7 cm³/mol. The fraction of sp³-hybridized carbons (Fsp3) is 0.455. The monoisotopic (exact) mass is 332 g/mol. The van der Waals surface area contributed by atoms with E-state index >= 15 is 0 Å². The van der Waals surface area contributed by atoms with Crippen molar-refractivity contribution in [3.05, 3.63) is 20.8 Å². The molecule has 2 N–H and O–H groups in total. The smallest absolute Gasteiger partial charge is 0.318 e. The number of carboxylic acids is 1. The van der Waals surface area contributed by atoms with Crippen LogP contribution in [0, 0.1) is 0 Å². The Labute approximate surface area is 117 Å². The van der Waals surface area contributed by atoms with Gasteiger partial charge < -0.3 is 15.3 Å². The molecular formula is C11H13BrN2O3S. The number of nitrogens with zero attached hydrogens (tertiary/aromatic N) is 1. The van der Waals surface area contributed by atoms with Gasteiger partial charge in [0.25, 0.3) is 0 Å². The van der Waals surface area contributed by atoms with Crippen molar-refractivity contribution >= 4 is 39.3 Å². The third-order valence-corrected chi connectivity index (χ3v) is 4.54. The van der Waals surface area contributed by atoms with Crippen LogP contribution in [0.4, 0.5) is 4.79 Å². The van der Waals surface area contributed by atoms with E-state index in [1.54, 1.807) is 16.2 Å². The van der Waals surface area contributed by atoms with E-state index in [1.165, 1.54) is 0 Å². The summed E-state index contributed by atoms with van der Waals surface area (Å²) < 4.78 is 1.01. The van der Waals surface area contributed by atoms with Crippen LogP contribution in [-0.4, -0.2) is 35.1 Å². The maximum atomic E-state index is 11.7. The molecule has 1 atom stereocenters. The number of carbonyl (C=O) groups excluding carboxylic acids is 1. The van der Waals surface area contributed by atoms with Crippen molar-refractivity contribution in [2.75, 3.05) is 13.1 Å². The highest BCUT2D eigenvalue weighted by atomic mass is 79.9. The van der Waals surface area contributed by atoms with Gasteiger partial charge in [0.05, 0.1) is 6.04 Å². The number of thiophene rings is 1. The van der Waals surface area contributed by atoms with Crippen molar-refractivity contribution in [1.82, 2.24) is 10.2 Å². The van der Waals surface area contributed by atoms with E-state index in [2.05, 4.69) is 21.2 Å². The van der Waals surface area contributed by atoms with Crippen LogP contribution in [0.5, 0.6) is 0 Å². The largest absolute Gasteiger partial charge is 0.481 e. The molecule has 98 valence electrons. The van der Waals surface area contributed by atoms with E-state index in [4.69, 9.17) is 5.11 Å². The summed E-state index contributed by atoms with van der Waals surface area (Å²) in [6, 6.07) is 1.89.